The molecule has 1 N–H and O–H groups in total. The molecule has 0 bridgehead atoms. The van der Waals surface area contributed by atoms with Crippen molar-refractivity contribution in [2.75, 3.05) is 51.2 Å². The molecule has 4 saturated heterocycles. The molecule has 0 aliphatic carbocycles. The van der Waals surface area contributed by atoms with Crippen LogP contribution in [0.15, 0.2) is 24.3 Å². The van der Waals surface area contributed by atoms with Crippen LogP contribution in [0.1, 0.15) is 70.3 Å². The molecule has 198 valence electrons. The molecule has 4 fully saturated rings. The van der Waals surface area contributed by atoms with Crippen molar-refractivity contribution < 1.29 is 9.59 Å². The number of carbonyl (C=O) groups excluding carboxylic acids is 2. The van der Waals surface area contributed by atoms with Crippen LogP contribution >= 0.6 is 0 Å². The fourth-order valence-electron chi connectivity index (χ4n) is 7.14. The summed E-state index contributed by atoms with van der Waals surface area (Å²) in [4.78, 5) is 35.6. The largest absolute Gasteiger partial charge is 0.372 e. The monoisotopic (exact) mass is 495 g/mol. The maximum atomic E-state index is 13.7. The summed E-state index contributed by atoms with van der Waals surface area (Å²) in [6.07, 6.45) is 9.40. The zero-order valence-electron chi connectivity index (χ0n) is 22.4. The molecular weight excluding hydrogens is 450 g/mol. The smallest absolute Gasteiger partial charge is 0.325 e. The first kappa shape index (κ1) is 25.5. The van der Waals surface area contributed by atoms with Crippen molar-refractivity contribution in [3.63, 3.8) is 0 Å². The molecule has 4 aliphatic rings. The number of nitrogens with one attached hydrogen (secondary N) is 1. The molecule has 5 rings (SSSR count). The highest BCUT2D eigenvalue weighted by atomic mass is 16.2. The van der Waals surface area contributed by atoms with E-state index in [1.807, 2.05) is 0 Å². The van der Waals surface area contributed by atoms with E-state index >= 15 is 0 Å². The third-order valence-corrected chi connectivity index (χ3v) is 9.30. The van der Waals surface area contributed by atoms with Crippen molar-refractivity contribution in [2.24, 2.45) is 5.92 Å². The van der Waals surface area contributed by atoms with Gasteiger partial charge in [0.25, 0.3) is 5.91 Å². The number of nitrogens with zero attached hydrogens (tertiary/aromatic N) is 4. The predicted molar refractivity (Wildman–Crippen MR) is 144 cm³/mol. The molecule has 1 aromatic carbocycles. The average Bonchev–Trinajstić information content (AvgIpc) is 3.61. The summed E-state index contributed by atoms with van der Waals surface area (Å²) in [5.41, 5.74) is 1.99. The van der Waals surface area contributed by atoms with Crippen LogP contribution in [-0.2, 0) is 11.3 Å². The molecule has 0 spiro atoms. The summed E-state index contributed by atoms with van der Waals surface area (Å²) in [6, 6.07) is 9.41. The number of benzene rings is 1. The molecule has 2 unspecified atom stereocenters. The number of rotatable bonds is 9. The molecule has 1 aromatic rings. The van der Waals surface area contributed by atoms with Crippen molar-refractivity contribution in [1.29, 1.82) is 0 Å². The number of urea groups is 1. The third kappa shape index (κ3) is 5.14. The lowest BCUT2D eigenvalue weighted by molar-refractivity contribution is -0.134. The maximum Gasteiger partial charge on any atom is 0.325 e. The Morgan fingerprint density at radius 3 is 2.31 bits per heavy atom. The Hall–Kier alpha value is -2.12. The minimum atomic E-state index is -0.711. The second-order valence-corrected chi connectivity index (χ2v) is 11.6. The molecule has 4 heterocycles. The second-order valence-electron chi connectivity index (χ2n) is 11.6. The molecule has 0 aromatic heterocycles. The van der Waals surface area contributed by atoms with Gasteiger partial charge in [-0.15, -0.1) is 0 Å². The van der Waals surface area contributed by atoms with Crippen LogP contribution in [0.5, 0.6) is 0 Å². The topological polar surface area (TPSA) is 59.1 Å². The van der Waals surface area contributed by atoms with Gasteiger partial charge >= 0.3 is 6.03 Å². The van der Waals surface area contributed by atoms with Gasteiger partial charge in [-0.3, -0.25) is 14.6 Å². The number of likely N-dealkylation sites (tertiary alicyclic amines) is 2. The predicted octanol–water partition coefficient (Wildman–Crippen LogP) is 4.07. The van der Waals surface area contributed by atoms with Crippen molar-refractivity contribution in [2.45, 2.75) is 82.8 Å². The number of hydrogen-bond donors (Lipinski definition) is 1. The number of imide groups is 1. The van der Waals surface area contributed by atoms with Crippen LogP contribution in [0.25, 0.3) is 0 Å². The first-order chi connectivity index (χ1) is 17.5. The second kappa shape index (κ2) is 11.1. The van der Waals surface area contributed by atoms with Gasteiger partial charge in [0.2, 0.25) is 0 Å². The Labute approximate surface area is 217 Å². The van der Waals surface area contributed by atoms with E-state index in [4.69, 9.17) is 0 Å². The lowest BCUT2D eigenvalue weighted by atomic mass is 9.74. The van der Waals surface area contributed by atoms with Gasteiger partial charge in [-0.1, -0.05) is 25.5 Å². The van der Waals surface area contributed by atoms with Crippen molar-refractivity contribution in [3.8, 4) is 0 Å². The number of carbonyl (C=O) groups is 2. The highest BCUT2D eigenvalue weighted by Crippen LogP contribution is 2.37. The quantitative estimate of drug-likeness (QED) is 0.524. The van der Waals surface area contributed by atoms with Gasteiger partial charge in [-0.05, 0) is 102 Å². The molecule has 0 radical (unpaired) electrons. The average molecular weight is 496 g/mol. The summed E-state index contributed by atoms with van der Waals surface area (Å²) in [5.74, 6) is 0.243. The molecule has 7 heteroatoms. The van der Waals surface area contributed by atoms with Gasteiger partial charge in [-0.25, -0.2) is 4.79 Å². The van der Waals surface area contributed by atoms with Crippen molar-refractivity contribution in [3.05, 3.63) is 29.8 Å². The van der Waals surface area contributed by atoms with Crippen LogP contribution in [0.4, 0.5) is 10.5 Å². The fourth-order valence-corrected chi connectivity index (χ4v) is 7.14. The maximum absolute atomic E-state index is 13.7. The highest BCUT2D eigenvalue weighted by molar-refractivity contribution is 6.07. The normalized spacial score (nSPS) is 28.4. The van der Waals surface area contributed by atoms with E-state index in [-0.39, 0.29) is 17.9 Å². The summed E-state index contributed by atoms with van der Waals surface area (Å²) in [6.45, 7) is 9.03. The highest BCUT2D eigenvalue weighted by Gasteiger charge is 2.55. The van der Waals surface area contributed by atoms with Crippen LogP contribution in [-0.4, -0.2) is 84.5 Å². The first-order valence-corrected chi connectivity index (χ1v) is 14.4. The molecule has 0 saturated carbocycles. The van der Waals surface area contributed by atoms with Crippen molar-refractivity contribution in [1.82, 2.24) is 20.0 Å². The Morgan fingerprint density at radius 2 is 1.67 bits per heavy atom. The zero-order chi connectivity index (χ0) is 25.1. The Bertz CT molecular complexity index is 907. The molecule has 7 nitrogen and oxygen atoms in total. The fraction of sp³-hybridized carbons (Fsp3) is 0.724. The van der Waals surface area contributed by atoms with Crippen LogP contribution in [0.2, 0.25) is 0 Å². The lowest BCUT2D eigenvalue weighted by Crippen LogP contribution is -2.56. The minimum Gasteiger partial charge on any atom is -0.372 e. The van der Waals surface area contributed by atoms with Crippen LogP contribution in [0.3, 0.4) is 0 Å². The van der Waals surface area contributed by atoms with Gasteiger partial charge in [0.1, 0.15) is 5.54 Å². The number of amides is 3. The molecular formula is C29H45N5O2. The van der Waals surface area contributed by atoms with Gasteiger partial charge in [0, 0.05) is 37.9 Å². The lowest BCUT2D eigenvalue weighted by Gasteiger charge is -2.41. The third-order valence-electron chi connectivity index (χ3n) is 9.30. The number of anilines is 1. The van der Waals surface area contributed by atoms with Gasteiger partial charge in [0.05, 0.1) is 0 Å². The van der Waals surface area contributed by atoms with E-state index in [2.05, 4.69) is 58.3 Å². The summed E-state index contributed by atoms with van der Waals surface area (Å²) in [5, 5.41) is 3.22. The molecule has 3 amide bonds. The van der Waals surface area contributed by atoms with Crippen LogP contribution in [0, 0.1) is 5.92 Å². The number of hydrogen-bond acceptors (Lipinski definition) is 5. The molecule has 2 atom stereocenters. The summed E-state index contributed by atoms with van der Waals surface area (Å²) < 4.78 is 0. The Morgan fingerprint density at radius 1 is 0.944 bits per heavy atom. The first-order valence-electron chi connectivity index (χ1n) is 14.4. The molecule has 4 aliphatic heterocycles. The minimum absolute atomic E-state index is 0.0333. The SMILES string of the molecule is CCCC1(C2CCN(Cc3ccc(N4CCCC4)cc3)CC2)NC(=O)N(CCC2CCCN2C)C1=O. The summed E-state index contributed by atoms with van der Waals surface area (Å²) in [7, 11) is 2.15. The van der Waals surface area contributed by atoms with E-state index in [1.165, 1.54) is 54.9 Å². The van der Waals surface area contributed by atoms with E-state index in [0.717, 1.165) is 58.3 Å². The van der Waals surface area contributed by atoms with Gasteiger partial charge in [0.15, 0.2) is 0 Å². The standard InChI is InChI=1S/C29H45N5O2/c1-3-15-29(27(35)34(28(36)30-29)21-14-25-7-6-16-31(25)2)24-12-19-32(20-13-24)22-23-8-10-26(11-9-23)33-17-4-5-18-33/h8-11,24-25H,3-7,12-22H2,1-2H3,(H,30,36). The summed E-state index contributed by atoms with van der Waals surface area (Å²) >= 11 is 0. The number of piperidine rings is 1. The zero-order valence-corrected chi connectivity index (χ0v) is 22.4. The van der Waals surface area contributed by atoms with E-state index in [1.54, 1.807) is 0 Å². The Kier molecular flexibility index (Phi) is 7.87. The Balaban J connectivity index is 1.17. The molecule has 36 heavy (non-hydrogen) atoms. The van der Waals surface area contributed by atoms with Crippen LogP contribution < -0.4 is 10.2 Å². The van der Waals surface area contributed by atoms with Crippen molar-refractivity contribution >= 4 is 17.6 Å². The van der Waals surface area contributed by atoms with Gasteiger partial charge < -0.3 is 15.1 Å². The van der Waals surface area contributed by atoms with Gasteiger partial charge in [-0.2, -0.15) is 0 Å². The van der Waals surface area contributed by atoms with E-state index in [9.17, 15) is 9.59 Å². The van der Waals surface area contributed by atoms with E-state index in [0.29, 0.717) is 12.6 Å². The van der Waals surface area contributed by atoms with E-state index < -0.39 is 5.54 Å².